The van der Waals surface area contributed by atoms with Crippen molar-refractivity contribution in [1.29, 1.82) is 0 Å². The molecule has 0 bridgehead atoms. The zero-order valence-corrected chi connectivity index (χ0v) is 11.2. The molecule has 1 aromatic carbocycles. The lowest BCUT2D eigenvalue weighted by Gasteiger charge is -2.12. The summed E-state index contributed by atoms with van der Waals surface area (Å²) < 4.78 is 0. The molecule has 0 aliphatic rings. The molecule has 0 spiro atoms. The molecule has 1 rings (SSSR count). The van der Waals surface area contributed by atoms with Crippen molar-refractivity contribution in [2.24, 2.45) is 0 Å². The molecule has 0 atom stereocenters. The van der Waals surface area contributed by atoms with Gasteiger partial charge >= 0.3 is 0 Å². The lowest BCUT2D eigenvalue weighted by atomic mass is 10.2. The van der Waals surface area contributed by atoms with Crippen LogP contribution in [0.3, 0.4) is 0 Å². The molecule has 0 saturated heterocycles. The largest absolute Gasteiger partial charge is 0.362 e. The van der Waals surface area contributed by atoms with E-state index >= 15 is 0 Å². The Hall–Kier alpha value is -0.800. The van der Waals surface area contributed by atoms with E-state index in [0.29, 0.717) is 5.11 Å². The highest BCUT2D eigenvalue weighted by Gasteiger charge is 2.01. The second-order valence-electron chi connectivity index (χ2n) is 3.69. The number of benzene rings is 1. The molecule has 1 aromatic rings. The van der Waals surface area contributed by atoms with Crippen LogP contribution in [0.5, 0.6) is 0 Å². The Morgan fingerprint density at radius 1 is 1.44 bits per heavy atom. The van der Waals surface area contributed by atoms with Crippen molar-refractivity contribution < 1.29 is 0 Å². The van der Waals surface area contributed by atoms with Crippen LogP contribution in [-0.2, 0) is 0 Å². The van der Waals surface area contributed by atoms with Crippen molar-refractivity contribution in [3.8, 4) is 0 Å². The third kappa shape index (κ3) is 4.37. The molecule has 0 amide bonds. The lowest BCUT2D eigenvalue weighted by molar-refractivity contribution is 0.758. The van der Waals surface area contributed by atoms with E-state index in [0.717, 1.165) is 35.7 Å². The summed E-state index contributed by atoms with van der Waals surface area (Å²) in [4.78, 5) is 0. The van der Waals surface area contributed by atoms with Gasteiger partial charge in [0, 0.05) is 17.3 Å². The van der Waals surface area contributed by atoms with Crippen LogP contribution in [0.2, 0.25) is 5.02 Å². The summed E-state index contributed by atoms with van der Waals surface area (Å²) in [7, 11) is 0. The van der Waals surface area contributed by atoms with Crippen LogP contribution in [0.25, 0.3) is 0 Å². The van der Waals surface area contributed by atoms with E-state index in [9.17, 15) is 0 Å². The van der Waals surface area contributed by atoms with Gasteiger partial charge in [0.25, 0.3) is 0 Å². The highest BCUT2D eigenvalue weighted by atomic mass is 35.5. The molecule has 0 aliphatic heterocycles. The molecule has 0 aliphatic carbocycles. The van der Waals surface area contributed by atoms with Gasteiger partial charge in [-0.2, -0.15) is 0 Å². The smallest absolute Gasteiger partial charge is 0.170 e. The second kappa shape index (κ2) is 6.71. The molecule has 2 N–H and O–H groups in total. The Kier molecular flexibility index (Phi) is 5.56. The Morgan fingerprint density at radius 3 is 2.81 bits per heavy atom. The van der Waals surface area contributed by atoms with Crippen molar-refractivity contribution in [1.82, 2.24) is 5.32 Å². The minimum atomic E-state index is 0.666. The van der Waals surface area contributed by atoms with Crippen LogP contribution in [0, 0.1) is 6.92 Å². The van der Waals surface area contributed by atoms with E-state index in [-0.39, 0.29) is 0 Å². The van der Waals surface area contributed by atoms with Gasteiger partial charge in [-0.25, -0.2) is 0 Å². The van der Waals surface area contributed by atoms with E-state index in [4.69, 9.17) is 23.8 Å². The van der Waals surface area contributed by atoms with E-state index in [1.165, 1.54) is 0 Å². The summed E-state index contributed by atoms with van der Waals surface area (Å²) in [5.41, 5.74) is 2.09. The molecule has 0 unspecified atom stereocenters. The number of rotatable bonds is 4. The number of thiocarbonyl (C=S) groups is 1. The predicted molar refractivity (Wildman–Crippen MR) is 75.3 cm³/mol. The van der Waals surface area contributed by atoms with Gasteiger partial charge in [0.05, 0.1) is 0 Å². The standard InChI is InChI=1S/C12H17ClN2S/c1-3-4-7-14-12(16)15-11-6-5-10(13)8-9(11)2/h5-6,8H,3-4,7H2,1-2H3,(H2,14,15,16). The normalized spacial score (nSPS) is 9.94. The van der Waals surface area contributed by atoms with Crippen LogP contribution in [0.15, 0.2) is 18.2 Å². The first kappa shape index (κ1) is 13.3. The van der Waals surface area contributed by atoms with Crippen molar-refractivity contribution in [2.45, 2.75) is 26.7 Å². The van der Waals surface area contributed by atoms with Gasteiger partial charge in [-0.1, -0.05) is 24.9 Å². The Balaban J connectivity index is 2.49. The fourth-order valence-corrected chi connectivity index (χ4v) is 1.75. The molecule has 4 heteroatoms. The fraction of sp³-hybridized carbons (Fsp3) is 0.417. The first-order valence-electron chi connectivity index (χ1n) is 5.44. The summed E-state index contributed by atoms with van der Waals surface area (Å²) in [5.74, 6) is 0. The summed E-state index contributed by atoms with van der Waals surface area (Å²) >= 11 is 11.1. The number of hydrogen-bond donors (Lipinski definition) is 2. The molecule has 0 aromatic heterocycles. The average molecular weight is 257 g/mol. The Morgan fingerprint density at radius 2 is 2.19 bits per heavy atom. The molecule has 0 fully saturated rings. The zero-order chi connectivity index (χ0) is 12.0. The summed E-state index contributed by atoms with van der Waals surface area (Å²) in [6.45, 7) is 5.07. The van der Waals surface area contributed by atoms with Gasteiger partial charge in [0.2, 0.25) is 0 Å². The van der Waals surface area contributed by atoms with Gasteiger partial charge in [0.1, 0.15) is 0 Å². The third-order valence-electron chi connectivity index (χ3n) is 2.25. The van der Waals surface area contributed by atoms with E-state index in [1.807, 2.05) is 25.1 Å². The molecular weight excluding hydrogens is 240 g/mol. The zero-order valence-electron chi connectivity index (χ0n) is 9.64. The van der Waals surface area contributed by atoms with Crippen molar-refractivity contribution in [3.05, 3.63) is 28.8 Å². The van der Waals surface area contributed by atoms with Crippen LogP contribution in [0.4, 0.5) is 5.69 Å². The van der Waals surface area contributed by atoms with Gasteiger partial charge in [-0.3, -0.25) is 0 Å². The van der Waals surface area contributed by atoms with E-state index in [2.05, 4.69) is 17.6 Å². The molecule has 16 heavy (non-hydrogen) atoms. The predicted octanol–water partition coefficient (Wildman–Crippen LogP) is 3.73. The molecule has 0 heterocycles. The number of aryl methyl sites for hydroxylation is 1. The van der Waals surface area contributed by atoms with E-state index in [1.54, 1.807) is 0 Å². The lowest BCUT2D eigenvalue weighted by Crippen LogP contribution is -2.29. The number of halogens is 1. The van der Waals surface area contributed by atoms with Gasteiger partial charge in [-0.15, -0.1) is 0 Å². The Bertz CT molecular complexity index is 366. The quantitative estimate of drug-likeness (QED) is 0.634. The summed E-state index contributed by atoms with van der Waals surface area (Å²) in [6, 6.07) is 5.70. The maximum absolute atomic E-state index is 5.88. The molecular formula is C12H17ClN2S. The van der Waals surface area contributed by atoms with Gasteiger partial charge < -0.3 is 10.6 Å². The maximum Gasteiger partial charge on any atom is 0.170 e. The minimum Gasteiger partial charge on any atom is -0.362 e. The molecule has 0 saturated carbocycles. The number of nitrogens with one attached hydrogen (secondary N) is 2. The highest BCUT2D eigenvalue weighted by Crippen LogP contribution is 2.19. The van der Waals surface area contributed by atoms with Gasteiger partial charge in [-0.05, 0) is 49.3 Å². The number of hydrogen-bond acceptors (Lipinski definition) is 1. The number of anilines is 1. The first-order valence-corrected chi connectivity index (χ1v) is 6.23. The van der Waals surface area contributed by atoms with Crippen LogP contribution < -0.4 is 10.6 Å². The number of unbranched alkanes of at least 4 members (excludes halogenated alkanes) is 1. The first-order chi connectivity index (χ1) is 7.63. The molecule has 0 radical (unpaired) electrons. The van der Waals surface area contributed by atoms with E-state index < -0.39 is 0 Å². The van der Waals surface area contributed by atoms with Crippen molar-refractivity contribution in [3.63, 3.8) is 0 Å². The average Bonchev–Trinajstić information content (AvgIpc) is 2.23. The monoisotopic (exact) mass is 256 g/mol. The second-order valence-corrected chi connectivity index (χ2v) is 4.54. The third-order valence-corrected chi connectivity index (χ3v) is 2.73. The topological polar surface area (TPSA) is 24.1 Å². The van der Waals surface area contributed by atoms with Crippen LogP contribution in [-0.4, -0.2) is 11.7 Å². The minimum absolute atomic E-state index is 0.666. The van der Waals surface area contributed by atoms with Gasteiger partial charge in [0.15, 0.2) is 5.11 Å². The van der Waals surface area contributed by atoms with Crippen LogP contribution >= 0.6 is 23.8 Å². The van der Waals surface area contributed by atoms with Crippen LogP contribution in [0.1, 0.15) is 25.3 Å². The molecule has 2 nitrogen and oxygen atoms in total. The summed E-state index contributed by atoms with van der Waals surface area (Å²) in [5, 5.41) is 7.73. The molecule has 88 valence electrons. The fourth-order valence-electron chi connectivity index (χ4n) is 1.31. The SMILES string of the molecule is CCCCNC(=S)Nc1ccc(Cl)cc1C. The van der Waals surface area contributed by atoms with Crippen molar-refractivity contribution in [2.75, 3.05) is 11.9 Å². The Labute approximate surface area is 107 Å². The van der Waals surface area contributed by atoms with Crippen molar-refractivity contribution >= 4 is 34.6 Å². The highest BCUT2D eigenvalue weighted by molar-refractivity contribution is 7.80. The summed E-state index contributed by atoms with van der Waals surface area (Å²) in [6.07, 6.45) is 2.29. The maximum atomic E-state index is 5.88.